The van der Waals surface area contributed by atoms with E-state index in [9.17, 15) is 4.79 Å². The summed E-state index contributed by atoms with van der Waals surface area (Å²) in [5.41, 5.74) is 4.61. The van der Waals surface area contributed by atoms with E-state index in [-0.39, 0.29) is 18.5 Å². The maximum absolute atomic E-state index is 11.9. The molecule has 0 bridgehead atoms. The Morgan fingerprint density at radius 3 is 2.74 bits per heavy atom. The van der Waals surface area contributed by atoms with Crippen LogP contribution in [-0.4, -0.2) is 40.2 Å². The van der Waals surface area contributed by atoms with Crippen LogP contribution < -0.4 is 21.3 Å². The summed E-state index contributed by atoms with van der Waals surface area (Å²) in [5, 5.41) is 2.61. The molecule has 0 aliphatic carbocycles. The molecule has 3 rings (SSSR count). The van der Waals surface area contributed by atoms with Crippen LogP contribution in [0, 0.1) is 5.92 Å². The number of pyridine rings is 1. The van der Waals surface area contributed by atoms with Crippen LogP contribution in [0.2, 0.25) is 0 Å². The van der Waals surface area contributed by atoms with Crippen molar-refractivity contribution in [3.8, 4) is 6.01 Å². The Morgan fingerprint density at radius 1 is 1.26 bits per heavy atom. The van der Waals surface area contributed by atoms with E-state index in [2.05, 4.69) is 41.6 Å². The molecule has 2 heterocycles. The van der Waals surface area contributed by atoms with Gasteiger partial charge in [-0.05, 0) is 46.1 Å². The van der Waals surface area contributed by atoms with Gasteiger partial charge in [0.25, 0.3) is 0 Å². The van der Waals surface area contributed by atoms with Gasteiger partial charge in [-0.25, -0.2) is 20.2 Å². The van der Waals surface area contributed by atoms with Gasteiger partial charge in [0.2, 0.25) is 5.96 Å². The average molecular weight is 490 g/mol. The van der Waals surface area contributed by atoms with Gasteiger partial charge < -0.3 is 9.47 Å². The molecule has 0 aliphatic heterocycles. The zero-order valence-corrected chi connectivity index (χ0v) is 19.0. The second-order valence-electron chi connectivity index (χ2n) is 6.95. The lowest BCUT2D eigenvalue weighted by Crippen LogP contribution is -2.36. The third-order valence-corrected chi connectivity index (χ3v) is 4.73. The van der Waals surface area contributed by atoms with Gasteiger partial charge in [0.15, 0.2) is 0 Å². The monoisotopic (exact) mass is 489 g/mol. The molecule has 0 spiro atoms. The number of nitrogens with one attached hydrogen (secondary N) is 2. The molecule has 0 atom stereocenters. The Labute approximate surface area is 188 Å². The van der Waals surface area contributed by atoms with E-state index in [1.165, 1.54) is 0 Å². The van der Waals surface area contributed by atoms with Crippen molar-refractivity contribution in [3.63, 3.8) is 0 Å². The number of benzene rings is 1. The van der Waals surface area contributed by atoms with Crippen LogP contribution in [-0.2, 0) is 11.3 Å². The maximum Gasteiger partial charge on any atom is 0.412 e. The molecule has 164 valence electrons. The second kappa shape index (κ2) is 10.2. The summed E-state index contributed by atoms with van der Waals surface area (Å²) in [5.74, 6) is 6.61. The van der Waals surface area contributed by atoms with Gasteiger partial charge in [0, 0.05) is 11.5 Å². The summed E-state index contributed by atoms with van der Waals surface area (Å²) in [6.07, 6.45) is -0.552. The highest BCUT2D eigenvalue weighted by atomic mass is 79.9. The summed E-state index contributed by atoms with van der Waals surface area (Å²) < 4.78 is 13.5. The van der Waals surface area contributed by atoms with Crippen molar-refractivity contribution in [1.82, 2.24) is 20.0 Å². The minimum Gasteiger partial charge on any atom is -0.458 e. The molecule has 3 aromatic rings. The van der Waals surface area contributed by atoms with Gasteiger partial charge in [-0.1, -0.05) is 26.0 Å². The molecule has 0 unspecified atom stereocenters. The quantitative estimate of drug-likeness (QED) is 0.209. The van der Waals surface area contributed by atoms with Crippen molar-refractivity contribution in [1.29, 1.82) is 0 Å². The first-order valence-electron chi connectivity index (χ1n) is 9.56. The fourth-order valence-corrected chi connectivity index (χ4v) is 3.17. The molecule has 1 amide bonds. The Morgan fingerprint density at radius 2 is 2.03 bits per heavy atom. The normalized spacial score (nSPS) is 11.6. The summed E-state index contributed by atoms with van der Waals surface area (Å²) in [7, 11) is 1.61. The third kappa shape index (κ3) is 5.50. The smallest absolute Gasteiger partial charge is 0.412 e. The molecule has 0 aliphatic rings. The number of anilines is 1. The molecule has 0 fully saturated rings. The predicted octanol–water partition coefficient (Wildman–Crippen LogP) is 3.27. The standard InChI is InChI=1S/C20H24BrN7O3/c1-12(2)10-31-20(29)25-16-9-4-6-13(24-16)11-30-19-26-17-14(21)7-5-8-15(17)28(19)18(23-3)27-22/h4-9,12H,10-11,22H2,1-3H3,(H,23,27)(H,24,25,29). The molecule has 0 saturated carbocycles. The van der Waals surface area contributed by atoms with E-state index in [4.69, 9.17) is 15.3 Å². The van der Waals surface area contributed by atoms with Crippen LogP contribution >= 0.6 is 15.9 Å². The largest absolute Gasteiger partial charge is 0.458 e. The van der Waals surface area contributed by atoms with Gasteiger partial charge >= 0.3 is 12.1 Å². The van der Waals surface area contributed by atoms with Crippen molar-refractivity contribution in [2.75, 3.05) is 19.0 Å². The summed E-state index contributed by atoms with van der Waals surface area (Å²) >= 11 is 3.50. The lowest BCUT2D eigenvalue weighted by atomic mass is 10.2. The zero-order valence-electron chi connectivity index (χ0n) is 17.4. The van der Waals surface area contributed by atoms with Crippen LogP contribution in [0.1, 0.15) is 19.5 Å². The number of aromatic nitrogens is 3. The van der Waals surface area contributed by atoms with Gasteiger partial charge in [0.05, 0.1) is 17.8 Å². The number of hydrogen-bond donors (Lipinski definition) is 3. The first kappa shape index (κ1) is 22.5. The molecule has 31 heavy (non-hydrogen) atoms. The first-order valence-corrected chi connectivity index (χ1v) is 10.4. The van der Waals surface area contributed by atoms with Crippen molar-refractivity contribution in [2.45, 2.75) is 20.5 Å². The number of para-hydroxylation sites is 1. The number of amides is 1. The second-order valence-corrected chi connectivity index (χ2v) is 7.80. The van der Waals surface area contributed by atoms with Crippen molar-refractivity contribution in [2.24, 2.45) is 16.8 Å². The van der Waals surface area contributed by atoms with Crippen LogP contribution in [0.15, 0.2) is 45.9 Å². The maximum atomic E-state index is 11.9. The van der Waals surface area contributed by atoms with E-state index < -0.39 is 6.09 Å². The summed E-state index contributed by atoms with van der Waals surface area (Å²) in [6.45, 7) is 4.37. The Balaban J connectivity index is 1.79. The Kier molecular flexibility index (Phi) is 7.42. The number of hydrazine groups is 1. The van der Waals surface area contributed by atoms with Crippen molar-refractivity contribution >= 4 is 44.8 Å². The van der Waals surface area contributed by atoms with E-state index in [1.54, 1.807) is 29.8 Å². The number of carbonyl (C=O) groups is 1. The third-order valence-electron chi connectivity index (χ3n) is 4.09. The number of ether oxygens (including phenoxy) is 2. The molecule has 0 saturated heterocycles. The number of imidazole rings is 1. The number of carbonyl (C=O) groups excluding carboxylic acids is 1. The lowest BCUT2D eigenvalue weighted by Gasteiger charge is -2.12. The van der Waals surface area contributed by atoms with Crippen LogP contribution in [0.3, 0.4) is 0 Å². The molecule has 2 aromatic heterocycles. The minimum absolute atomic E-state index is 0.110. The minimum atomic E-state index is -0.552. The van der Waals surface area contributed by atoms with E-state index in [0.29, 0.717) is 29.6 Å². The fraction of sp³-hybridized carbons (Fsp3) is 0.300. The van der Waals surface area contributed by atoms with Gasteiger partial charge in [-0.2, -0.15) is 4.98 Å². The number of hydrogen-bond acceptors (Lipinski definition) is 7. The molecule has 11 heteroatoms. The molecule has 4 N–H and O–H groups in total. The highest BCUT2D eigenvalue weighted by Crippen LogP contribution is 2.27. The number of nitrogens with two attached hydrogens (primary N) is 1. The Bertz CT molecular complexity index is 1100. The first-order chi connectivity index (χ1) is 14.9. The van der Waals surface area contributed by atoms with Crippen LogP contribution in [0.4, 0.5) is 10.6 Å². The number of nitrogens with zero attached hydrogens (tertiary/aromatic N) is 4. The van der Waals surface area contributed by atoms with Gasteiger partial charge in [-0.3, -0.25) is 15.7 Å². The highest BCUT2D eigenvalue weighted by molar-refractivity contribution is 9.10. The Hall–Kier alpha value is -3.18. The molecule has 1 aromatic carbocycles. The topological polar surface area (TPSA) is 129 Å². The molecular formula is C20H24BrN7O3. The predicted molar refractivity (Wildman–Crippen MR) is 122 cm³/mol. The van der Waals surface area contributed by atoms with Crippen LogP contribution in [0.5, 0.6) is 6.01 Å². The molecule has 10 nitrogen and oxygen atoms in total. The van der Waals surface area contributed by atoms with Crippen molar-refractivity contribution in [3.05, 3.63) is 46.6 Å². The van der Waals surface area contributed by atoms with E-state index in [1.807, 2.05) is 32.0 Å². The fourth-order valence-electron chi connectivity index (χ4n) is 2.73. The molecular weight excluding hydrogens is 466 g/mol. The average Bonchev–Trinajstić information content (AvgIpc) is 3.12. The van der Waals surface area contributed by atoms with Crippen molar-refractivity contribution < 1.29 is 14.3 Å². The highest BCUT2D eigenvalue weighted by Gasteiger charge is 2.18. The number of halogens is 1. The number of aliphatic imine (C=N–C) groups is 1. The zero-order chi connectivity index (χ0) is 22.4. The number of rotatable bonds is 6. The van der Waals surface area contributed by atoms with E-state index in [0.717, 1.165) is 9.99 Å². The van der Waals surface area contributed by atoms with Gasteiger partial charge in [-0.15, -0.1) is 0 Å². The number of fused-ring (bicyclic) bond motifs is 1. The van der Waals surface area contributed by atoms with Gasteiger partial charge in [0.1, 0.15) is 17.9 Å². The SMILES string of the molecule is CN=C(NN)n1c(OCc2cccc(NC(=O)OCC(C)C)n2)nc2c(Br)cccc21. The van der Waals surface area contributed by atoms with E-state index >= 15 is 0 Å². The van der Waals surface area contributed by atoms with Crippen LogP contribution in [0.25, 0.3) is 11.0 Å². The summed E-state index contributed by atoms with van der Waals surface area (Å²) in [6, 6.07) is 11.2. The summed E-state index contributed by atoms with van der Waals surface area (Å²) in [4.78, 5) is 25.0. The lowest BCUT2D eigenvalue weighted by molar-refractivity contribution is 0.147. The molecule has 0 radical (unpaired) electrons.